The molecule has 0 aliphatic carbocycles. The van der Waals surface area contributed by atoms with Crippen molar-refractivity contribution in [1.82, 2.24) is 10.3 Å². The van der Waals surface area contributed by atoms with Gasteiger partial charge in [-0.3, -0.25) is 4.79 Å². The fourth-order valence-electron chi connectivity index (χ4n) is 1.65. The van der Waals surface area contributed by atoms with Gasteiger partial charge in [0.2, 0.25) is 5.88 Å². The van der Waals surface area contributed by atoms with E-state index in [0.29, 0.717) is 23.7 Å². The molecule has 0 fully saturated rings. The van der Waals surface area contributed by atoms with Crippen LogP contribution >= 0.6 is 15.9 Å². The number of amides is 1. The average molecular weight is 336 g/mol. The molecule has 0 spiro atoms. The molecule has 0 atom stereocenters. The zero-order valence-electron chi connectivity index (χ0n) is 10.9. The van der Waals surface area contributed by atoms with E-state index in [0.717, 1.165) is 10.0 Å². The van der Waals surface area contributed by atoms with Crippen LogP contribution in [0, 0.1) is 0 Å². The van der Waals surface area contributed by atoms with Crippen LogP contribution in [0.3, 0.4) is 0 Å². The van der Waals surface area contributed by atoms with Crippen LogP contribution in [0.15, 0.2) is 41.0 Å². The highest BCUT2D eigenvalue weighted by Crippen LogP contribution is 2.18. The minimum Gasteiger partial charge on any atom is -0.481 e. The molecule has 3 N–H and O–H groups in total. The summed E-state index contributed by atoms with van der Waals surface area (Å²) >= 11 is 3.30. The molecule has 1 heterocycles. The lowest BCUT2D eigenvalue weighted by molar-refractivity contribution is 0.0952. The standard InChI is InChI=1S/C14H14BrN3O2/c1-20-13-5-2-9(7-17-13)8-18-14(19)11-4-3-10(15)6-12(11)16/h2-7H,8,16H2,1H3,(H,18,19). The number of benzene rings is 1. The fraction of sp³-hybridized carbons (Fsp3) is 0.143. The maximum atomic E-state index is 12.0. The molecular weight excluding hydrogens is 322 g/mol. The summed E-state index contributed by atoms with van der Waals surface area (Å²) in [6, 6.07) is 8.75. The van der Waals surface area contributed by atoms with Crippen molar-refractivity contribution in [3.63, 3.8) is 0 Å². The lowest BCUT2D eigenvalue weighted by atomic mass is 10.1. The number of halogens is 1. The van der Waals surface area contributed by atoms with Crippen LogP contribution in [0.25, 0.3) is 0 Å². The predicted octanol–water partition coefficient (Wildman–Crippen LogP) is 2.36. The highest BCUT2D eigenvalue weighted by atomic mass is 79.9. The number of rotatable bonds is 4. The van der Waals surface area contributed by atoms with E-state index in [1.54, 1.807) is 37.6 Å². The molecular formula is C14H14BrN3O2. The first kappa shape index (κ1) is 14.3. The number of carbonyl (C=O) groups excluding carboxylic acids is 1. The van der Waals surface area contributed by atoms with Crippen LogP contribution in [-0.2, 0) is 6.54 Å². The van der Waals surface area contributed by atoms with Gasteiger partial charge in [0, 0.05) is 29.0 Å². The number of aromatic nitrogens is 1. The highest BCUT2D eigenvalue weighted by molar-refractivity contribution is 9.10. The lowest BCUT2D eigenvalue weighted by Crippen LogP contribution is -2.23. The van der Waals surface area contributed by atoms with Crippen molar-refractivity contribution in [2.75, 3.05) is 12.8 Å². The zero-order chi connectivity index (χ0) is 14.5. The SMILES string of the molecule is COc1ccc(CNC(=O)c2ccc(Br)cc2N)cn1. The Morgan fingerprint density at radius 3 is 2.80 bits per heavy atom. The first-order valence-electron chi connectivity index (χ1n) is 5.92. The van der Waals surface area contributed by atoms with E-state index in [1.807, 2.05) is 6.07 Å². The first-order valence-corrected chi connectivity index (χ1v) is 6.71. The van der Waals surface area contributed by atoms with Crippen molar-refractivity contribution in [1.29, 1.82) is 0 Å². The van der Waals surface area contributed by atoms with Gasteiger partial charge in [-0.25, -0.2) is 4.98 Å². The van der Waals surface area contributed by atoms with Gasteiger partial charge in [-0.2, -0.15) is 0 Å². The molecule has 5 nitrogen and oxygen atoms in total. The number of nitrogens with two attached hydrogens (primary N) is 1. The van der Waals surface area contributed by atoms with Crippen LogP contribution in [-0.4, -0.2) is 18.0 Å². The molecule has 0 saturated heterocycles. The van der Waals surface area contributed by atoms with E-state index in [9.17, 15) is 4.79 Å². The quantitative estimate of drug-likeness (QED) is 0.841. The van der Waals surface area contributed by atoms with Crippen LogP contribution < -0.4 is 15.8 Å². The van der Waals surface area contributed by atoms with Crippen molar-refractivity contribution in [2.24, 2.45) is 0 Å². The summed E-state index contributed by atoms with van der Waals surface area (Å²) in [5.41, 5.74) is 7.58. The van der Waals surface area contributed by atoms with E-state index in [2.05, 4.69) is 26.2 Å². The Hall–Kier alpha value is -2.08. The third kappa shape index (κ3) is 3.48. The molecule has 1 aromatic carbocycles. The Morgan fingerprint density at radius 2 is 2.20 bits per heavy atom. The minimum absolute atomic E-state index is 0.217. The minimum atomic E-state index is -0.217. The number of anilines is 1. The second kappa shape index (κ2) is 6.38. The molecule has 0 bridgehead atoms. The molecule has 0 radical (unpaired) electrons. The average Bonchev–Trinajstić information content (AvgIpc) is 2.45. The van der Waals surface area contributed by atoms with Gasteiger partial charge < -0.3 is 15.8 Å². The summed E-state index contributed by atoms with van der Waals surface area (Å²) in [6.45, 7) is 0.380. The van der Waals surface area contributed by atoms with Gasteiger partial charge >= 0.3 is 0 Å². The molecule has 0 unspecified atom stereocenters. The molecule has 0 aliphatic heterocycles. The molecule has 0 aliphatic rings. The Bertz CT molecular complexity index is 614. The normalized spacial score (nSPS) is 10.1. The number of ether oxygens (including phenoxy) is 1. The van der Waals surface area contributed by atoms with E-state index in [4.69, 9.17) is 10.5 Å². The second-order valence-electron chi connectivity index (χ2n) is 4.12. The summed E-state index contributed by atoms with van der Waals surface area (Å²) in [5.74, 6) is 0.322. The van der Waals surface area contributed by atoms with Gasteiger partial charge in [-0.15, -0.1) is 0 Å². The van der Waals surface area contributed by atoms with Crippen molar-refractivity contribution < 1.29 is 9.53 Å². The summed E-state index contributed by atoms with van der Waals surface area (Å²) in [5, 5.41) is 2.80. The molecule has 2 rings (SSSR count). The molecule has 20 heavy (non-hydrogen) atoms. The van der Waals surface area contributed by atoms with Gasteiger partial charge in [0.05, 0.1) is 12.7 Å². The van der Waals surface area contributed by atoms with Crippen molar-refractivity contribution in [3.05, 3.63) is 52.1 Å². The Balaban J connectivity index is 2.00. The summed E-state index contributed by atoms with van der Waals surface area (Å²) < 4.78 is 5.81. The predicted molar refractivity (Wildman–Crippen MR) is 80.5 cm³/mol. The summed E-state index contributed by atoms with van der Waals surface area (Å²) in [4.78, 5) is 16.1. The van der Waals surface area contributed by atoms with Crippen LogP contribution in [0.4, 0.5) is 5.69 Å². The Kier molecular flexibility index (Phi) is 4.57. The number of pyridine rings is 1. The van der Waals surface area contributed by atoms with E-state index in [1.165, 1.54) is 0 Å². The smallest absolute Gasteiger partial charge is 0.253 e. The third-order valence-electron chi connectivity index (χ3n) is 2.72. The number of nitrogens with one attached hydrogen (secondary N) is 1. The molecule has 1 aromatic heterocycles. The second-order valence-corrected chi connectivity index (χ2v) is 5.04. The van der Waals surface area contributed by atoms with Crippen molar-refractivity contribution in [3.8, 4) is 5.88 Å². The van der Waals surface area contributed by atoms with Crippen molar-refractivity contribution >= 4 is 27.5 Å². The van der Waals surface area contributed by atoms with Gasteiger partial charge in [-0.05, 0) is 23.8 Å². The number of hydrogen-bond acceptors (Lipinski definition) is 4. The van der Waals surface area contributed by atoms with Crippen LogP contribution in [0.2, 0.25) is 0 Å². The largest absolute Gasteiger partial charge is 0.481 e. The highest BCUT2D eigenvalue weighted by Gasteiger charge is 2.09. The summed E-state index contributed by atoms with van der Waals surface area (Å²) in [7, 11) is 1.56. The Morgan fingerprint density at radius 1 is 1.40 bits per heavy atom. The molecule has 104 valence electrons. The number of methoxy groups -OCH3 is 1. The summed E-state index contributed by atoms with van der Waals surface area (Å²) in [6.07, 6.45) is 1.66. The van der Waals surface area contributed by atoms with E-state index < -0.39 is 0 Å². The number of nitrogen functional groups attached to an aromatic ring is 1. The van der Waals surface area contributed by atoms with E-state index in [-0.39, 0.29) is 5.91 Å². The number of carbonyl (C=O) groups is 1. The third-order valence-corrected chi connectivity index (χ3v) is 3.21. The molecule has 1 amide bonds. The van der Waals surface area contributed by atoms with Gasteiger partial charge in [0.25, 0.3) is 5.91 Å². The molecule has 2 aromatic rings. The van der Waals surface area contributed by atoms with E-state index >= 15 is 0 Å². The lowest BCUT2D eigenvalue weighted by Gasteiger charge is -2.08. The monoisotopic (exact) mass is 335 g/mol. The molecule has 0 saturated carbocycles. The van der Waals surface area contributed by atoms with Gasteiger partial charge in [0.15, 0.2) is 0 Å². The fourth-order valence-corrected chi connectivity index (χ4v) is 2.03. The van der Waals surface area contributed by atoms with Gasteiger partial charge in [0.1, 0.15) is 0 Å². The number of hydrogen-bond donors (Lipinski definition) is 2. The maximum Gasteiger partial charge on any atom is 0.253 e. The molecule has 6 heteroatoms. The van der Waals surface area contributed by atoms with Crippen molar-refractivity contribution in [2.45, 2.75) is 6.54 Å². The maximum absolute atomic E-state index is 12.0. The zero-order valence-corrected chi connectivity index (χ0v) is 12.5. The topological polar surface area (TPSA) is 77.2 Å². The number of nitrogens with zero attached hydrogens (tertiary/aromatic N) is 1. The Labute approximate surface area is 125 Å². The first-order chi connectivity index (χ1) is 9.60. The van der Waals surface area contributed by atoms with Crippen LogP contribution in [0.1, 0.15) is 15.9 Å². The van der Waals surface area contributed by atoms with Crippen LogP contribution in [0.5, 0.6) is 5.88 Å². The van der Waals surface area contributed by atoms with Gasteiger partial charge in [-0.1, -0.05) is 22.0 Å².